The topological polar surface area (TPSA) is 57.2 Å². The third-order valence-electron chi connectivity index (χ3n) is 7.32. The zero-order valence-corrected chi connectivity index (χ0v) is 17.2. The van der Waals surface area contributed by atoms with Gasteiger partial charge in [-0.3, -0.25) is 4.98 Å². The van der Waals surface area contributed by atoms with Crippen LogP contribution in [0.5, 0.6) is 0 Å². The van der Waals surface area contributed by atoms with Crippen LogP contribution in [-0.2, 0) is 0 Å². The van der Waals surface area contributed by atoms with Crippen molar-refractivity contribution in [3.8, 4) is 0 Å². The van der Waals surface area contributed by atoms with Gasteiger partial charge in [-0.25, -0.2) is 9.97 Å². The average Bonchev–Trinajstić information content (AvgIpc) is 3.44. The second kappa shape index (κ2) is 6.94. The maximum absolute atomic E-state index is 4.98. The molecule has 2 aromatic rings. The normalized spacial score (nSPS) is 26.7. The summed E-state index contributed by atoms with van der Waals surface area (Å²) in [6, 6.07) is 4.59. The van der Waals surface area contributed by atoms with Crippen molar-refractivity contribution in [1.29, 1.82) is 0 Å². The molecule has 6 rings (SSSR count). The quantitative estimate of drug-likeness (QED) is 0.814. The van der Waals surface area contributed by atoms with Gasteiger partial charge in [0.1, 0.15) is 17.5 Å². The van der Waals surface area contributed by atoms with E-state index in [0.29, 0.717) is 5.92 Å². The van der Waals surface area contributed by atoms with Crippen LogP contribution in [0.25, 0.3) is 0 Å². The summed E-state index contributed by atoms with van der Waals surface area (Å²) >= 11 is 0. The summed E-state index contributed by atoms with van der Waals surface area (Å²) in [5, 5.41) is 3.40. The number of anilines is 3. The number of nitrogens with zero attached hydrogens (tertiary/aromatic N) is 5. The van der Waals surface area contributed by atoms with Crippen LogP contribution in [0.1, 0.15) is 42.9 Å². The lowest BCUT2D eigenvalue weighted by atomic mass is 9.77. The van der Waals surface area contributed by atoms with Crippen molar-refractivity contribution < 1.29 is 0 Å². The summed E-state index contributed by atoms with van der Waals surface area (Å²) in [4.78, 5) is 18.9. The van der Waals surface area contributed by atoms with E-state index in [-0.39, 0.29) is 0 Å². The zero-order chi connectivity index (χ0) is 19.4. The Bertz CT molecular complexity index is 875. The molecule has 2 unspecified atom stereocenters. The second-order valence-electron chi connectivity index (χ2n) is 9.67. The highest BCUT2D eigenvalue weighted by atomic mass is 15.2. The Hall–Kier alpha value is -2.21. The molecule has 4 fully saturated rings. The number of fused-ring (bicyclic) bond motifs is 1. The van der Waals surface area contributed by atoms with E-state index < -0.39 is 0 Å². The van der Waals surface area contributed by atoms with E-state index >= 15 is 0 Å². The molecule has 6 nitrogen and oxygen atoms in total. The first-order valence-corrected chi connectivity index (χ1v) is 11.2. The highest BCUT2D eigenvalue weighted by molar-refractivity contribution is 5.58. The molecule has 2 aliphatic heterocycles. The number of pyridine rings is 1. The summed E-state index contributed by atoms with van der Waals surface area (Å²) in [7, 11) is 0. The van der Waals surface area contributed by atoms with Gasteiger partial charge in [0.05, 0.1) is 18.1 Å². The monoisotopic (exact) mass is 390 g/mol. The maximum atomic E-state index is 4.98. The van der Waals surface area contributed by atoms with Gasteiger partial charge >= 0.3 is 0 Å². The second-order valence-corrected chi connectivity index (χ2v) is 9.67. The minimum Gasteiger partial charge on any atom is -0.356 e. The van der Waals surface area contributed by atoms with Gasteiger partial charge in [-0.2, -0.15) is 0 Å². The highest BCUT2D eigenvalue weighted by Gasteiger charge is 2.40. The Morgan fingerprint density at radius 1 is 0.931 bits per heavy atom. The Morgan fingerprint density at radius 2 is 1.72 bits per heavy atom. The van der Waals surface area contributed by atoms with Crippen LogP contribution in [0.3, 0.4) is 0 Å². The van der Waals surface area contributed by atoms with Crippen LogP contribution >= 0.6 is 0 Å². The van der Waals surface area contributed by atoms with Crippen LogP contribution in [0.2, 0.25) is 0 Å². The van der Waals surface area contributed by atoms with Crippen molar-refractivity contribution in [2.75, 3.05) is 42.9 Å². The van der Waals surface area contributed by atoms with Gasteiger partial charge in [0.15, 0.2) is 0 Å². The van der Waals surface area contributed by atoms with Gasteiger partial charge < -0.3 is 15.1 Å². The van der Waals surface area contributed by atoms with E-state index in [4.69, 9.17) is 4.98 Å². The Kier molecular flexibility index (Phi) is 4.22. The Balaban J connectivity index is 1.24. The predicted octanol–water partition coefficient (Wildman–Crippen LogP) is 3.58. The molecule has 2 aliphatic carbocycles. The molecule has 29 heavy (non-hydrogen) atoms. The third kappa shape index (κ3) is 3.59. The number of aromatic nitrogens is 3. The predicted molar refractivity (Wildman–Crippen MR) is 115 cm³/mol. The first-order chi connectivity index (χ1) is 14.2. The van der Waals surface area contributed by atoms with Gasteiger partial charge in [-0.1, -0.05) is 0 Å². The van der Waals surface area contributed by atoms with Gasteiger partial charge in [0.2, 0.25) is 0 Å². The first-order valence-electron chi connectivity index (χ1n) is 11.2. The maximum Gasteiger partial charge on any atom is 0.150 e. The van der Waals surface area contributed by atoms with E-state index in [2.05, 4.69) is 37.2 Å². The minimum atomic E-state index is 0.625. The SMILES string of the molecule is Cc1cnc(Nc2cc(C3CN(CC4CC4)C3)cc(N3CC4CCC4C3)n2)cn1. The summed E-state index contributed by atoms with van der Waals surface area (Å²) in [6.45, 7) is 7.98. The molecule has 152 valence electrons. The molecule has 0 aromatic carbocycles. The number of hydrogen-bond acceptors (Lipinski definition) is 6. The molecule has 2 saturated carbocycles. The number of rotatable bonds is 6. The first kappa shape index (κ1) is 17.6. The lowest BCUT2D eigenvalue weighted by molar-refractivity contribution is 0.141. The summed E-state index contributed by atoms with van der Waals surface area (Å²) in [5.74, 6) is 6.17. The Morgan fingerprint density at radius 3 is 2.38 bits per heavy atom. The Labute approximate surface area is 172 Å². The molecule has 4 aliphatic rings. The van der Waals surface area contributed by atoms with Gasteiger partial charge in [0, 0.05) is 38.6 Å². The number of hydrogen-bond donors (Lipinski definition) is 1. The lowest BCUT2D eigenvalue weighted by Gasteiger charge is -2.40. The van der Waals surface area contributed by atoms with E-state index in [9.17, 15) is 0 Å². The van der Waals surface area contributed by atoms with Crippen molar-refractivity contribution in [2.24, 2.45) is 17.8 Å². The standard InChI is InChI=1S/C23H30N6/c1-15-8-25-22(9-24-15)26-21-6-19(20-11-28(12-20)10-16-2-3-16)7-23(27-21)29-13-17-4-5-18(17)14-29/h6-9,16-18,20H,2-5,10-14H2,1H3,(H,25,26,27). The fourth-order valence-corrected chi connectivity index (χ4v) is 5.13. The molecular formula is C23H30N6. The van der Waals surface area contributed by atoms with Crippen molar-refractivity contribution in [3.05, 3.63) is 35.8 Å². The molecular weight excluding hydrogens is 360 g/mol. The molecule has 0 radical (unpaired) electrons. The van der Waals surface area contributed by atoms with Crippen LogP contribution in [0.15, 0.2) is 24.5 Å². The van der Waals surface area contributed by atoms with Crippen molar-refractivity contribution in [2.45, 2.75) is 38.5 Å². The van der Waals surface area contributed by atoms with E-state index in [1.807, 2.05) is 6.92 Å². The van der Waals surface area contributed by atoms with Crippen molar-refractivity contribution >= 4 is 17.5 Å². The molecule has 0 spiro atoms. The van der Waals surface area contributed by atoms with Crippen molar-refractivity contribution in [1.82, 2.24) is 19.9 Å². The molecule has 4 heterocycles. The number of aryl methyl sites for hydroxylation is 1. The molecule has 0 bridgehead atoms. The van der Waals surface area contributed by atoms with Crippen LogP contribution in [0.4, 0.5) is 17.5 Å². The smallest absolute Gasteiger partial charge is 0.150 e. The van der Waals surface area contributed by atoms with Crippen LogP contribution in [-0.4, -0.2) is 52.6 Å². The summed E-state index contributed by atoms with van der Waals surface area (Å²) in [6.07, 6.45) is 9.24. The summed E-state index contributed by atoms with van der Waals surface area (Å²) < 4.78 is 0. The van der Waals surface area contributed by atoms with Crippen LogP contribution < -0.4 is 10.2 Å². The molecule has 6 heteroatoms. The number of likely N-dealkylation sites (tertiary alicyclic amines) is 1. The minimum absolute atomic E-state index is 0.625. The van der Waals surface area contributed by atoms with E-state index in [1.165, 1.54) is 64.0 Å². The van der Waals surface area contributed by atoms with E-state index in [0.717, 1.165) is 40.9 Å². The fraction of sp³-hybridized carbons (Fsp3) is 0.609. The summed E-state index contributed by atoms with van der Waals surface area (Å²) in [5.41, 5.74) is 2.35. The van der Waals surface area contributed by atoms with Crippen LogP contribution in [0, 0.1) is 24.7 Å². The number of nitrogens with one attached hydrogen (secondary N) is 1. The van der Waals surface area contributed by atoms with Gasteiger partial charge in [-0.05, 0) is 68.1 Å². The van der Waals surface area contributed by atoms with Gasteiger partial charge in [0.25, 0.3) is 0 Å². The highest BCUT2D eigenvalue weighted by Crippen LogP contribution is 2.43. The van der Waals surface area contributed by atoms with Crippen molar-refractivity contribution in [3.63, 3.8) is 0 Å². The molecule has 2 aromatic heterocycles. The molecule has 2 saturated heterocycles. The molecule has 0 amide bonds. The average molecular weight is 391 g/mol. The molecule has 2 atom stereocenters. The van der Waals surface area contributed by atoms with Gasteiger partial charge in [-0.15, -0.1) is 0 Å². The third-order valence-corrected chi connectivity index (χ3v) is 7.32. The van der Waals surface area contributed by atoms with E-state index in [1.54, 1.807) is 12.4 Å². The zero-order valence-electron chi connectivity index (χ0n) is 17.2. The largest absolute Gasteiger partial charge is 0.356 e. The lowest BCUT2D eigenvalue weighted by Crippen LogP contribution is -2.45. The fourth-order valence-electron chi connectivity index (χ4n) is 5.13. The molecule has 1 N–H and O–H groups in total.